The molecule has 0 fully saturated rings. The highest BCUT2D eigenvalue weighted by Gasteiger charge is 2.30. The molecule has 154 valence electrons. The first kappa shape index (κ1) is 20.3. The van der Waals surface area contributed by atoms with E-state index in [2.05, 4.69) is 24.5 Å². The van der Waals surface area contributed by atoms with Crippen molar-refractivity contribution in [3.8, 4) is 0 Å². The number of aromatic nitrogens is 2. The molecule has 8 nitrogen and oxygen atoms in total. The van der Waals surface area contributed by atoms with Gasteiger partial charge in [0.2, 0.25) is 5.95 Å². The first-order valence-electron chi connectivity index (χ1n) is 9.01. The van der Waals surface area contributed by atoms with E-state index in [0.29, 0.717) is 28.7 Å². The van der Waals surface area contributed by atoms with Crippen molar-refractivity contribution in [1.29, 1.82) is 0 Å². The molecule has 30 heavy (non-hydrogen) atoms. The summed E-state index contributed by atoms with van der Waals surface area (Å²) in [7, 11) is 2.94. The number of rotatable bonds is 3. The van der Waals surface area contributed by atoms with Crippen LogP contribution in [-0.2, 0) is 9.84 Å². The monoisotopic (exact) mass is 441 g/mol. The van der Waals surface area contributed by atoms with E-state index in [9.17, 15) is 13.2 Å². The van der Waals surface area contributed by atoms with Crippen LogP contribution in [0.1, 0.15) is 10.4 Å². The SMILES string of the molecule is CN1C(=O)c2cccc(P)c2N(C)c2nc(Nc3ccc(S(C)(=O)=O)cc3)ncc21. The first-order chi connectivity index (χ1) is 14.2. The molecule has 0 spiro atoms. The molecule has 2 heterocycles. The lowest BCUT2D eigenvalue weighted by atomic mass is 10.1. The van der Waals surface area contributed by atoms with Crippen LogP contribution in [0.15, 0.2) is 53.6 Å². The third-order valence-electron chi connectivity index (χ3n) is 4.91. The largest absolute Gasteiger partial charge is 0.326 e. The van der Waals surface area contributed by atoms with E-state index in [1.54, 1.807) is 31.4 Å². The summed E-state index contributed by atoms with van der Waals surface area (Å²) < 4.78 is 23.3. The van der Waals surface area contributed by atoms with Crippen LogP contribution in [-0.4, -0.2) is 44.6 Å². The third-order valence-corrected chi connectivity index (χ3v) is 6.50. The minimum absolute atomic E-state index is 0.138. The van der Waals surface area contributed by atoms with Gasteiger partial charge in [0.15, 0.2) is 15.7 Å². The van der Waals surface area contributed by atoms with Crippen LogP contribution < -0.4 is 20.4 Å². The van der Waals surface area contributed by atoms with E-state index in [-0.39, 0.29) is 10.8 Å². The summed E-state index contributed by atoms with van der Waals surface area (Å²) in [4.78, 5) is 25.6. The smallest absolute Gasteiger partial charge is 0.260 e. The Morgan fingerprint density at radius 1 is 1.03 bits per heavy atom. The number of anilines is 5. The van der Waals surface area contributed by atoms with Crippen LogP contribution in [0.25, 0.3) is 0 Å². The van der Waals surface area contributed by atoms with E-state index >= 15 is 0 Å². The van der Waals surface area contributed by atoms with E-state index in [1.165, 1.54) is 17.0 Å². The van der Waals surface area contributed by atoms with Crippen molar-refractivity contribution in [3.63, 3.8) is 0 Å². The van der Waals surface area contributed by atoms with Gasteiger partial charge in [-0.05, 0) is 35.6 Å². The first-order valence-corrected chi connectivity index (χ1v) is 11.5. The number of hydrogen-bond donors (Lipinski definition) is 1. The van der Waals surface area contributed by atoms with Crippen LogP contribution in [0, 0.1) is 0 Å². The van der Waals surface area contributed by atoms with E-state index < -0.39 is 9.84 Å². The standard InChI is InChI=1S/C20H20N5O3PS/c1-24-15-11-21-20(22-12-7-9-13(10-8-12)30(3,27)28)23-18(15)25(2)17-14(19(24)26)5-4-6-16(17)29/h4-11H,29H2,1-3H3,(H,21,22,23). The number of carbonyl (C=O) groups is 1. The highest BCUT2D eigenvalue weighted by atomic mass is 32.2. The number of sulfone groups is 1. The topological polar surface area (TPSA) is 95.5 Å². The molecular formula is C20H20N5O3PS. The van der Waals surface area contributed by atoms with Gasteiger partial charge in [-0.2, -0.15) is 4.98 Å². The molecule has 1 unspecified atom stereocenters. The predicted molar refractivity (Wildman–Crippen MR) is 121 cm³/mol. The van der Waals surface area contributed by atoms with Gasteiger partial charge in [0.05, 0.1) is 22.3 Å². The zero-order valence-corrected chi connectivity index (χ0v) is 18.6. The zero-order chi connectivity index (χ0) is 21.6. The number of hydrogen-bond acceptors (Lipinski definition) is 7. The lowest BCUT2D eigenvalue weighted by Gasteiger charge is -2.22. The number of nitrogens with one attached hydrogen (secondary N) is 1. The number of amides is 1. The summed E-state index contributed by atoms with van der Waals surface area (Å²) in [6.07, 6.45) is 2.76. The third kappa shape index (κ3) is 3.51. The molecule has 0 aliphatic carbocycles. The molecule has 10 heteroatoms. The summed E-state index contributed by atoms with van der Waals surface area (Å²) in [6.45, 7) is 0. The van der Waals surface area contributed by atoms with E-state index in [4.69, 9.17) is 0 Å². The Balaban J connectivity index is 1.74. The molecule has 1 N–H and O–H groups in total. The highest BCUT2D eigenvalue weighted by Crippen LogP contribution is 2.37. The van der Waals surface area contributed by atoms with Crippen molar-refractivity contribution >= 4 is 59.1 Å². The molecule has 1 aliphatic rings. The van der Waals surface area contributed by atoms with Crippen molar-refractivity contribution in [2.75, 3.05) is 35.5 Å². The van der Waals surface area contributed by atoms with Gasteiger partial charge in [-0.1, -0.05) is 12.1 Å². The summed E-state index contributed by atoms with van der Waals surface area (Å²) in [5, 5.41) is 3.97. The van der Waals surface area contributed by atoms with Crippen molar-refractivity contribution < 1.29 is 13.2 Å². The Hall–Kier alpha value is -3.03. The van der Waals surface area contributed by atoms with Gasteiger partial charge in [0, 0.05) is 26.0 Å². The molecule has 2 aromatic carbocycles. The van der Waals surface area contributed by atoms with Gasteiger partial charge in [0.1, 0.15) is 5.69 Å². The number of carbonyl (C=O) groups excluding carboxylic acids is 1. The summed E-state index contributed by atoms with van der Waals surface area (Å²) >= 11 is 0. The fourth-order valence-corrected chi connectivity index (χ4v) is 4.42. The van der Waals surface area contributed by atoms with Crippen molar-refractivity contribution in [2.24, 2.45) is 0 Å². The van der Waals surface area contributed by atoms with Crippen LogP contribution >= 0.6 is 9.24 Å². The van der Waals surface area contributed by atoms with Crippen LogP contribution in [0.4, 0.5) is 28.8 Å². The number of benzene rings is 2. The Morgan fingerprint density at radius 2 is 1.73 bits per heavy atom. The molecule has 0 radical (unpaired) electrons. The minimum Gasteiger partial charge on any atom is -0.326 e. The molecule has 4 rings (SSSR count). The quantitative estimate of drug-likeness (QED) is 0.624. The lowest BCUT2D eigenvalue weighted by Crippen LogP contribution is -2.26. The molecule has 1 aromatic heterocycles. The number of para-hydroxylation sites is 1. The van der Waals surface area contributed by atoms with Gasteiger partial charge in [-0.3, -0.25) is 4.79 Å². The molecular weight excluding hydrogens is 421 g/mol. The minimum atomic E-state index is -3.26. The second-order valence-corrected chi connectivity index (χ2v) is 9.63. The second kappa shape index (κ2) is 7.34. The highest BCUT2D eigenvalue weighted by molar-refractivity contribution is 7.90. The molecule has 0 saturated carbocycles. The fraction of sp³-hybridized carbons (Fsp3) is 0.150. The van der Waals surface area contributed by atoms with Gasteiger partial charge >= 0.3 is 0 Å². The Kier molecular flexibility index (Phi) is 4.95. The van der Waals surface area contributed by atoms with Gasteiger partial charge in [-0.25, -0.2) is 13.4 Å². The molecule has 0 bridgehead atoms. The average molecular weight is 441 g/mol. The normalized spacial score (nSPS) is 13.5. The Labute approximate surface area is 177 Å². The van der Waals surface area contributed by atoms with Gasteiger partial charge < -0.3 is 15.1 Å². The molecule has 1 amide bonds. The van der Waals surface area contributed by atoms with Gasteiger partial charge in [-0.15, -0.1) is 9.24 Å². The van der Waals surface area contributed by atoms with Crippen LogP contribution in [0.3, 0.4) is 0 Å². The summed E-state index contributed by atoms with van der Waals surface area (Å²) in [5.74, 6) is 0.767. The fourth-order valence-electron chi connectivity index (χ4n) is 3.33. The maximum Gasteiger partial charge on any atom is 0.260 e. The van der Waals surface area contributed by atoms with Crippen LogP contribution in [0.5, 0.6) is 0 Å². The van der Waals surface area contributed by atoms with Crippen molar-refractivity contribution in [1.82, 2.24) is 9.97 Å². The van der Waals surface area contributed by atoms with Gasteiger partial charge in [0.25, 0.3) is 5.91 Å². The molecule has 0 saturated heterocycles. The summed E-state index contributed by atoms with van der Waals surface area (Å²) in [6, 6.07) is 11.9. The average Bonchev–Trinajstić information content (AvgIpc) is 2.78. The predicted octanol–water partition coefficient (Wildman–Crippen LogP) is 2.48. The number of fused-ring (bicyclic) bond motifs is 2. The lowest BCUT2D eigenvalue weighted by molar-refractivity contribution is 0.0994. The second-order valence-electron chi connectivity index (χ2n) is 6.99. The number of nitrogens with zero attached hydrogens (tertiary/aromatic N) is 4. The molecule has 1 aliphatic heterocycles. The van der Waals surface area contributed by atoms with Crippen LogP contribution in [0.2, 0.25) is 0 Å². The zero-order valence-electron chi connectivity index (χ0n) is 16.6. The van der Waals surface area contributed by atoms with E-state index in [0.717, 1.165) is 17.2 Å². The maximum atomic E-state index is 13.0. The maximum absolute atomic E-state index is 13.0. The van der Waals surface area contributed by atoms with Crippen molar-refractivity contribution in [2.45, 2.75) is 4.90 Å². The van der Waals surface area contributed by atoms with Crippen molar-refractivity contribution in [3.05, 3.63) is 54.2 Å². The Bertz CT molecular complexity index is 1260. The molecule has 3 aromatic rings. The summed E-state index contributed by atoms with van der Waals surface area (Å²) in [5.41, 5.74) is 2.58. The Morgan fingerprint density at radius 3 is 2.40 bits per heavy atom. The van der Waals surface area contributed by atoms with E-state index in [1.807, 2.05) is 24.1 Å². The molecule has 1 atom stereocenters.